The largest absolute Gasteiger partial charge is 0.465 e. The average Bonchev–Trinajstić information content (AvgIpc) is 2.95. The van der Waals surface area contributed by atoms with E-state index in [1.807, 2.05) is 0 Å². The molecule has 2 amide bonds. The fourth-order valence-electron chi connectivity index (χ4n) is 2.92. The van der Waals surface area contributed by atoms with Crippen LogP contribution < -0.4 is 5.32 Å². The van der Waals surface area contributed by atoms with Gasteiger partial charge in [0.1, 0.15) is 6.54 Å². The van der Waals surface area contributed by atoms with Gasteiger partial charge in [-0.15, -0.1) is 0 Å². The first-order valence-electron chi connectivity index (χ1n) is 9.39. The van der Waals surface area contributed by atoms with Gasteiger partial charge in [-0.25, -0.2) is 9.59 Å². The number of carbonyl (C=O) groups excluding carboxylic acids is 5. The lowest BCUT2D eigenvalue weighted by molar-refractivity contribution is -0.151. The third-order valence-electron chi connectivity index (χ3n) is 4.48. The van der Waals surface area contributed by atoms with Crippen molar-refractivity contribution >= 4 is 35.4 Å². The number of anilines is 1. The van der Waals surface area contributed by atoms with Crippen LogP contribution in [0, 0.1) is 0 Å². The van der Waals surface area contributed by atoms with Crippen LogP contribution in [0.2, 0.25) is 0 Å². The Morgan fingerprint density at radius 1 is 1.03 bits per heavy atom. The first-order valence-corrected chi connectivity index (χ1v) is 9.39. The molecule has 1 fully saturated rings. The molecule has 1 aromatic carbocycles. The Bertz CT molecular complexity index is 836. The lowest BCUT2D eigenvalue weighted by Gasteiger charge is -2.19. The van der Waals surface area contributed by atoms with Crippen molar-refractivity contribution in [2.24, 2.45) is 0 Å². The van der Waals surface area contributed by atoms with Gasteiger partial charge in [0.05, 0.1) is 31.0 Å². The summed E-state index contributed by atoms with van der Waals surface area (Å²) < 4.78 is 14.2. The van der Waals surface area contributed by atoms with E-state index in [0.29, 0.717) is 13.0 Å². The predicted octanol–water partition coefficient (Wildman–Crippen LogP) is 1.14. The van der Waals surface area contributed by atoms with E-state index in [-0.39, 0.29) is 29.3 Å². The summed E-state index contributed by atoms with van der Waals surface area (Å²) in [6.07, 6.45) is 2.92. The monoisotopic (exact) mass is 420 g/mol. The normalized spacial score (nSPS) is 13.8. The number of nitrogens with zero attached hydrogens (tertiary/aromatic N) is 1. The Hall–Kier alpha value is -3.43. The predicted molar refractivity (Wildman–Crippen MR) is 104 cm³/mol. The summed E-state index contributed by atoms with van der Waals surface area (Å²) in [6, 6.07) is 3.92. The van der Waals surface area contributed by atoms with Gasteiger partial charge in [0.2, 0.25) is 5.91 Å². The molecule has 0 aromatic heterocycles. The molecule has 1 saturated heterocycles. The maximum absolute atomic E-state index is 12.2. The Morgan fingerprint density at radius 3 is 2.47 bits per heavy atom. The SMILES string of the molecule is COC(=O)c1ccc(C(=O)OC)c(NC(=O)COC(=O)CN2CCCCCC2=O)c1. The third kappa shape index (κ3) is 6.29. The van der Waals surface area contributed by atoms with Crippen LogP contribution >= 0.6 is 0 Å². The van der Waals surface area contributed by atoms with Gasteiger partial charge in [-0.3, -0.25) is 14.4 Å². The van der Waals surface area contributed by atoms with Crippen LogP contribution in [0.4, 0.5) is 5.69 Å². The molecular weight excluding hydrogens is 396 g/mol. The summed E-state index contributed by atoms with van der Waals surface area (Å²) in [4.78, 5) is 61.2. The molecule has 0 bridgehead atoms. The van der Waals surface area contributed by atoms with Crippen molar-refractivity contribution in [2.45, 2.75) is 25.7 Å². The van der Waals surface area contributed by atoms with Crippen LogP contribution in [-0.2, 0) is 28.6 Å². The van der Waals surface area contributed by atoms with E-state index in [0.717, 1.165) is 19.3 Å². The van der Waals surface area contributed by atoms with Crippen LogP contribution in [-0.4, -0.2) is 68.5 Å². The van der Waals surface area contributed by atoms with Crippen molar-refractivity contribution in [3.63, 3.8) is 0 Å². The number of methoxy groups -OCH3 is 2. The van der Waals surface area contributed by atoms with E-state index in [9.17, 15) is 24.0 Å². The van der Waals surface area contributed by atoms with Crippen LogP contribution in [0.3, 0.4) is 0 Å². The van der Waals surface area contributed by atoms with Gasteiger partial charge < -0.3 is 24.4 Å². The molecule has 0 atom stereocenters. The first kappa shape index (κ1) is 22.9. The van der Waals surface area contributed by atoms with E-state index in [4.69, 9.17) is 4.74 Å². The minimum absolute atomic E-state index is 0.00787. The third-order valence-corrected chi connectivity index (χ3v) is 4.48. The van der Waals surface area contributed by atoms with Crippen LogP contribution in [0.25, 0.3) is 0 Å². The first-order chi connectivity index (χ1) is 14.3. The summed E-state index contributed by atoms with van der Waals surface area (Å²) in [5.74, 6) is -2.93. The fraction of sp³-hybridized carbons (Fsp3) is 0.450. The van der Waals surface area contributed by atoms with Crippen molar-refractivity contribution < 1.29 is 38.2 Å². The lowest BCUT2D eigenvalue weighted by Crippen LogP contribution is -2.36. The van der Waals surface area contributed by atoms with E-state index in [1.54, 1.807) is 0 Å². The highest BCUT2D eigenvalue weighted by molar-refractivity contribution is 6.04. The van der Waals surface area contributed by atoms with E-state index in [1.165, 1.54) is 37.3 Å². The van der Waals surface area contributed by atoms with Gasteiger partial charge >= 0.3 is 17.9 Å². The van der Waals surface area contributed by atoms with Crippen molar-refractivity contribution in [1.82, 2.24) is 4.90 Å². The second-order valence-electron chi connectivity index (χ2n) is 6.58. The quantitative estimate of drug-likeness (QED) is 0.514. The number of ether oxygens (including phenoxy) is 3. The van der Waals surface area contributed by atoms with Crippen molar-refractivity contribution in [1.29, 1.82) is 0 Å². The van der Waals surface area contributed by atoms with Crippen LogP contribution in [0.5, 0.6) is 0 Å². The topological polar surface area (TPSA) is 128 Å². The molecule has 30 heavy (non-hydrogen) atoms. The number of carbonyl (C=O) groups is 5. The lowest BCUT2D eigenvalue weighted by atomic mass is 10.1. The molecule has 0 saturated carbocycles. The van der Waals surface area contributed by atoms with Crippen LogP contribution in [0.15, 0.2) is 18.2 Å². The summed E-state index contributed by atoms with van der Waals surface area (Å²) in [5, 5.41) is 2.42. The molecule has 1 N–H and O–H groups in total. The van der Waals surface area contributed by atoms with Gasteiger partial charge in [0.25, 0.3) is 5.91 Å². The zero-order chi connectivity index (χ0) is 22.1. The minimum Gasteiger partial charge on any atom is -0.465 e. The number of benzene rings is 1. The molecule has 10 nitrogen and oxygen atoms in total. The number of hydrogen-bond acceptors (Lipinski definition) is 8. The number of hydrogen-bond donors (Lipinski definition) is 1. The number of amides is 2. The number of likely N-dealkylation sites (tertiary alicyclic amines) is 1. The number of nitrogens with one attached hydrogen (secondary N) is 1. The summed E-state index contributed by atoms with van der Waals surface area (Å²) in [5.41, 5.74) is 0.130. The average molecular weight is 420 g/mol. The molecule has 162 valence electrons. The molecule has 2 rings (SSSR count). The van der Waals surface area contributed by atoms with Gasteiger partial charge in [-0.2, -0.15) is 0 Å². The summed E-state index contributed by atoms with van der Waals surface area (Å²) in [6.45, 7) is -0.371. The highest BCUT2D eigenvalue weighted by Gasteiger charge is 2.21. The molecule has 0 aliphatic carbocycles. The Balaban J connectivity index is 1.99. The molecular formula is C20H24N2O8. The zero-order valence-electron chi connectivity index (χ0n) is 16.9. The molecule has 0 unspecified atom stereocenters. The van der Waals surface area contributed by atoms with Gasteiger partial charge in [0.15, 0.2) is 6.61 Å². The standard InChI is InChI=1S/C20H24N2O8/c1-28-19(26)13-7-8-14(20(27)29-2)15(10-13)21-16(23)12-30-18(25)11-22-9-5-3-4-6-17(22)24/h7-8,10H,3-6,9,11-12H2,1-2H3,(H,21,23). The van der Waals surface area contributed by atoms with E-state index < -0.39 is 30.4 Å². The molecule has 1 aliphatic heterocycles. The smallest absolute Gasteiger partial charge is 0.339 e. The van der Waals surface area contributed by atoms with Gasteiger partial charge in [0, 0.05) is 13.0 Å². The fourth-order valence-corrected chi connectivity index (χ4v) is 2.92. The molecule has 1 aromatic rings. The summed E-state index contributed by atoms with van der Waals surface area (Å²) >= 11 is 0. The van der Waals surface area contributed by atoms with E-state index in [2.05, 4.69) is 14.8 Å². The van der Waals surface area contributed by atoms with Crippen LogP contribution in [0.1, 0.15) is 46.4 Å². The van der Waals surface area contributed by atoms with Gasteiger partial charge in [-0.1, -0.05) is 6.42 Å². The minimum atomic E-state index is -0.724. The Kier molecular flexibility index (Phi) is 8.33. The number of esters is 3. The van der Waals surface area contributed by atoms with Crippen molar-refractivity contribution in [2.75, 3.05) is 39.2 Å². The Morgan fingerprint density at radius 2 is 1.77 bits per heavy atom. The highest BCUT2D eigenvalue weighted by Crippen LogP contribution is 2.20. The Labute approximate surface area is 173 Å². The highest BCUT2D eigenvalue weighted by atomic mass is 16.5. The molecule has 1 heterocycles. The van der Waals surface area contributed by atoms with E-state index >= 15 is 0 Å². The van der Waals surface area contributed by atoms with Crippen molar-refractivity contribution in [3.05, 3.63) is 29.3 Å². The zero-order valence-corrected chi connectivity index (χ0v) is 16.9. The van der Waals surface area contributed by atoms with Gasteiger partial charge in [-0.05, 0) is 31.0 Å². The maximum atomic E-state index is 12.2. The maximum Gasteiger partial charge on any atom is 0.339 e. The summed E-state index contributed by atoms with van der Waals surface area (Å²) in [7, 11) is 2.37. The molecule has 0 spiro atoms. The molecule has 10 heteroatoms. The molecule has 1 aliphatic rings. The number of rotatable bonds is 7. The second-order valence-corrected chi connectivity index (χ2v) is 6.58. The van der Waals surface area contributed by atoms with Crippen molar-refractivity contribution in [3.8, 4) is 0 Å². The molecule has 0 radical (unpaired) electrons. The second kappa shape index (κ2) is 10.9.